The molecule has 0 unspecified atom stereocenters. The zero-order chi connectivity index (χ0) is 16.7. The number of amides is 2. The normalized spacial score (nSPS) is 20.1. The summed E-state index contributed by atoms with van der Waals surface area (Å²) >= 11 is 0. The van der Waals surface area contributed by atoms with Crippen molar-refractivity contribution in [2.24, 2.45) is 0 Å². The lowest BCUT2D eigenvalue weighted by atomic mass is 10.1. The van der Waals surface area contributed by atoms with Gasteiger partial charge in [0.15, 0.2) is 0 Å². The standard InChI is InChI=1S/C15H26N2O5/c1-11(22-3)9-14(19)16-7-4-5-13(6-8-16)17(12(2)18)10-15(20)21/h11,13H,4-10H2,1-3H3,(H,20,21)/t11-,13+/m0/s1. The molecule has 7 nitrogen and oxygen atoms in total. The van der Waals surface area contributed by atoms with Gasteiger partial charge in [0.1, 0.15) is 6.54 Å². The summed E-state index contributed by atoms with van der Waals surface area (Å²) in [5, 5.41) is 8.93. The Labute approximate surface area is 131 Å². The number of carbonyl (C=O) groups is 3. The maximum Gasteiger partial charge on any atom is 0.323 e. The summed E-state index contributed by atoms with van der Waals surface area (Å²) in [7, 11) is 1.58. The van der Waals surface area contributed by atoms with Crippen LogP contribution < -0.4 is 0 Å². The predicted molar refractivity (Wildman–Crippen MR) is 80.3 cm³/mol. The van der Waals surface area contributed by atoms with E-state index < -0.39 is 5.97 Å². The number of likely N-dealkylation sites (tertiary alicyclic amines) is 1. The molecule has 22 heavy (non-hydrogen) atoms. The molecule has 1 fully saturated rings. The van der Waals surface area contributed by atoms with E-state index in [-0.39, 0.29) is 30.5 Å². The first-order valence-electron chi connectivity index (χ1n) is 7.64. The van der Waals surface area contributed by atoms with Crippen LogP contribution >= 0.6 is 0 Å². The third-order valence-electron chi connectivity index (χ3n) is 4.07. The first-order valence-corrected chi connectivity index (χ1v) is 7.64. The first-order chi connectivity index (χ1) is 10.3. The van der Waals surface area contributed by atoms with Crippen LogP contribution in [0.25, 0.3) is 0 Å². The lowest BCUT2D eigenvalue weighted by molar-refractivity contribution is -0.145. The molecule has 0 radical (unpaired) electrons. The molecule has 0 bridgehead atoms. The van der Waals surface area contributed by atoms with E-state index in [0.29, 0.717) is 25.9 Å². The lowest BCUT2D eigenvalue weighted by Gasteiger charge is -2.29. The summed E-state index contributed by atoms with van der Waals surface area (Å²) in [4.78, 5) is 37.9. The van der Waals surface area contributed by atoms with E-state index in [1.54, 1.807) is 12.0 Å². The molecule has 0 aliphatic carbocycles. The highest BCUT2D eigenvalue weighted by Gasteiger charge is 2.27. The number of rotatable bonds is 6. The van der Waals surface area contributed by atoms with Gasteiger partial charge in [-0.05, 0) is 26.2 Å². The van der Waals surface area contributed by atoms with Gasteiger partial charge in [0.25, 0.3) is 0 Å². The molecule has 0 aromatic rings. The number of hydrogen-bond acceptors (Lipinski definition) is 4. The smallest absolute Gasteiger partial charge is 0.323 e. The number of aliphatic carboxylic acids is 1. The second kappa shape index (κ2) is 8.73. The van der Waals surface area contributed by atoms with Crippen LogP contribution in [-0.2, 0) is 19.1 Å². The highest BCUT2D eigenvalue weighted by atomic mass is 16.5. The zero-order valence-electron chi connectivity index (χ0n) is 13.6. The molecule has 1 aliphatic rings. The molecule has 0 aromatic carbocycles. The largest absolute Gasteiger partial charge is 0.480 e. The lowest BCUT2D eigenvalue weighted by Crippen LogP contribution is -2.43. The van der Waals surface area contributed by atoms with Crippen molar-refractivity contribution in [3.8, 4) is 0 Å². The highest BCUT2D eigenvalue weighted by molar-refractivity contribution is 5.80. The molecule has 1 rings (SSSR count). The Balaban J connectivity index is 2.62. The number of ether oxygens (including phenoxy) is 1. The summed E-state index contributed by atoms with van der Waals surface area (Å²) < 4.78 is 5.11. The van der Waals surface area contributed by atoms with Crippen LogP contribution in [0.1, 0.15) is 39.5 Å². The average molecular weight is 314 g/mol. The average Bonchev–Trinajstić information content (AvgIpc) is 2.69. The number of carboxylic acid groups (broad SMARTS) is 1. The van der Waals surface area contributed by atoms with Gasteiger partial charge < -0.3 is 19.6 Å². The highest BCUT2D eigenvalue weighted by Crippen LogP contribution is 2.18. The van der Waals surface area contributed by atoms with Gasteiger partial charge in [0.05, 0.1) is 12.5 Å². The van der Waals surface area contributed by atoms with E-state index >= 15 is 0 Å². The molecule has 1 heterocycles. The maximum absolute atomic E-state index is 12.2. The van der Waals surface area contributed by atoms with Crippen molar-refractivity contribution >= 4 is 17.8 Å². The van der Waals surface area contributed by atoms with E-state index in [4.69, 9.17) is 9.84 Å². The van der Waals surface area contributed by atoms with Gasteiger partial charge in [0, 0.05) is 33.2 Å². The van der Waals surface area contributed by atoms with Crippen LogP contribution in [0.3, 0.4) is 0 Å². The number of hydrogen-bond donors (Lipinski definition) is 1. The summed E-state index contributed by atoms with van der Waals surface area (Å²) in [5.41, 5.74) is 0. The van der Waals surface area contributed by atoms with Gasteiger partial charge in [-0.2, -0.15) is 0 Å². The van der Waals surface area contributed by atoms with E-state index in [1.807, 2.05) is 6.92 Å². The molecule has 7 heteroatoms. The zero-order valence-corrected chi connectivity index (χ0v) is 13.6. The van der Waals surface area contributed by atoms with Crippen LogP contribution in [0.2, 0.25) is 0 Å². The van der Waals surface area contributed by atoms with Gasteiger partial charge >= 0.3 is 5.97 Å². The number of carboxylic acids is 1. The Kier molecular flexibility index (Phi) is 7.31. The number of nitrogens with zero attached hydrogens (tertiary/aromatic N) is 2. The minimum absolute atomic E-state index is 0.0441. The second-order valence-electron chi connectivity index (χ2n) is 5.76. The van der Waals surface area contributed by atoms with E-state index in [2.05, 4.69) is 0 Å². The van der Waals surface area contributed by atoms with Crippen molar-refractivity contribution in [2.75, 3.05) is 26.7 Å². The Morgan fingerprint density at radius 2 is 2.00 bits per heavy atom. The summed E-state index contributed by atoms with van der Waals surface area (Å²) in [6, 6.07) is -0.119. The van der Waals surface area contributed by atoms with Crippen molar-refractivity contribution in [2.45, 2.75) is 51.7 Å². The predicted octanol–water partition coefficient (Wildman–Crippen LogP) is 0.726. The molecule has 2 amide bonds. The minimum Gasteiger partial charge on any atom is -0.480 e. The summed E-state index contributed by atoms with van der Waals surface area (Å²) in [5.74, 6) is -1.20. The van der Waals surface area contributed by atoms with Crippen molar-refractivity contribution < 1.29 is 24.2 Å². The fourth-order valence-electron chi connectivity index (χ4n) is 2.74. The van der Waals surface area contributed by atoms with Gasteiger partial charge in [-0.15, -0.1) is 0 Å². The third-order valence-corrected chi connectivity index (χ3v) is 4.07. The molecule has 1 aliphatic heterocycles. The summed E-state index contributed by atoms with van der Waals surface area (Å²) in [6.45, 7) is 4.14. The Bertz CT molecular complexity index is 413. The molecule has 2 atom stereocenters. The van der Waals surface area contributed by atoms with Crippen LogP contribution in [0.15, 0.2) is 0 Å². The molecule has 0 saturated carbocycles. The summed E-state index contributed by atoms with van der Waals surface area (Å²) in [6.07, 6.45) is 2.32. The Morgan fingerprint density at radius 3 is 2.55 bits per heavy atom. The van der Waals surface area contributed by atoms with Gasteiger partial charge in [-0.1, -0.05) is 0 Å². The van der Waals surface area contributed by atoms with E-state index in [9.17, 15) is 14.4 Å². The fraction of sp³-hybridized carbons (Fsp3) is 0.800. The molecule has 126 valence electrons. The minimum atomic E-state index is -1.01. The topological polar surface area (TPSA) is 87.2 Å². The number of methoxy groups -OCH3 is 1. The van der Waals surface area contributed by atoms with Crippen LogP contribution in [0, 0.1) is 0 Å². The van der Waals surface area contributed by atoms with Gasteiger partial charge in [-0.3, -0.25) is 14.4 Å². The van der Waals surface area contributed by atoms with Crippen LogP contribution in [-0.4, -0.2) is 71.6 Å². The molecular formula is C15H26N2O5. The monoisotopic (exact) mass is 314 g/mol. The van der Waals surface area contributed by atoms with Crippen molar-refractivity contribution in [1.29, 1.82) is 0 Å². The third kappa shape index (κ3) is 5.63. The maximum atomic E-state index is 12.2. The second-order valence-corrected chi connectivity index (χ2v) is 5.76. The van der Waals surface area contributed by atoms with Crippen molar-refractivity contribution in [3.63, 3.8) is 0 Å². The first kappa shape index (κ1) is 18.4. The fourth-order valence-corrected chi connectivity index (χ4v) is 2.74. The molecule has 0 aromatic heterocycles. The van der Waals surface area contributed by atoms with Crippen LogP contribution in [0.5, 0.6) is 0 Å². The van der Waals surface area contributed by atoms with Gasteiger partial charge in [0.2, 0.25) is 11.8 Å². The molecule has 1 N–H and O–H groups in total. The van der Waals surface area contributed by atoms with Crippen molar-refractivity contribution in [3.05, 3.63) is 0 Å². The van der Waals surface area contributed by atoms with Gasteiger partial charge in [-0.25, -0.2) is 0 Å². The SMILES string of the molecule is CO[C@@H](C)CC(=O)N1CCC[C@@H](N(CC(=O)O)C(C)=O)CC1. The van der Waals surface area contributed by atoms with Crippen LogP contribution in [0.4, 0.5) is 0 Å². The Morgan fingerprint density at radius 1 is 1.32 bits per heavy atom. The van der Waals surface area contributed by atoms with E-state index in [0.717, 1.165) is 12.8 Å². The molecular weight excluding hydrogens is 288 g/mol. The molecule has 1 saturated heterocycles. The quantitative estimate of drug-likeness (QED) is 0.781. The van der Waals surface area contributed by atoms with Crippen molar-refractivity contribution in [1.82, 2.24) is 9.80 Å². The number of carbonyl (C=O) groups excluding carboxylic acids is 2. The van der Waals surface area contributed by atoms with E-state index in [1.165, 1.54) is 11.8 Å². The molecule has 0 spiro atoms. The Hall–Kier alpha value is -1.63.